The first kappa shape index (κ1) is 27.2. The molecule has 43 heavy (non-hydrogen) atoms. The van der Waals surface area contributed by atoms with Gasteiger partial charge in [0.2, 0.25) is 5.95 Å². The van der Waals surface area contributed by atoms with Crippen LogP contribution < -0.4 is 15.6 Å². The minimum absolute atomic E-state index is 0.0312. The molecule has 220 valence electrons. The standard InChI is InChI=1S/C33H34N6O4/c1-37(2)32(41)27-18-22-20-34-33(36-31(22)39(27)24-6-3-4-7-24)35-23-12-10-21(11-13-23)25-8-5-9-26-28(40)19-29(43-30(25)26)38-14-16-42-17-15-38/h5,8-13,18-20,24H,3-4,6-7,14-17H2,1-2H3,(H,34,35,36). The predicted octanol–water partition coefficient (Wildman–Crippen LogP) is 5.60. The van der Waals surface area contributed by atoms with E-state index in [-0.39, 0.29) is 17.4 Å². The average Bonchev–Trinajstić information content (AvgIpc) is 3.69. The van der Waals surface area contributed by atoms with Gasteiger partial charge in [-0.1, -0.05) is 37.1 Å². The van der Waals surface area contributed by atoms with E-state index in [1.54, 1.807) is 37.3 Å². The van der Waals surface area contributed by atoms with Crippen LogP contribution in [0.2, 0.25) is 0 Å². The van der Waals surface area contributed by atoms with Gasteiger partial charge in [-0.05, 0) is 42.7 Å². The summed E-state index contributed by atoms with van der Waals surface area (Å²) in [5.74, 6) is 1.00. The van der Waals surface area contributed by atoms with Crippen LogP contribution in [0, 0.1) is 0 Å². The number of fused-ring (bicyclic) bond motifs is 2. The van der Waals surface area contributed by atoms with Gasteiger partial charge in [0.1, 0.15) is 16.9 Å². The SMILES string of the molecule is CN(C)C(=O)c1cc2cnc(Nc3ccc(-c4cccc5c(=O)cc(N6CCOCC6)oc45)cc3)nc2n1C1CCCC1. The lowest BCUT2D eigenvalue weighted by Crippen LogP contribution is -2.36. The molecular formula is C33H34N6O4. The Kier molecular flexibility index (Phi) is 7.06. The molecule has 2 fully saturated rings. The van der Waals surface area contributed by atoms with Gasteiger partial charge in [0.15, 0.2) is 11.3 Å². The fourth-order valence-corrected chi connectivity index (χ4v) is 6.19. The molecule has 2 aromatic carbocycles. The first-order valence-corrected chi connectivity index (χ1v) is 14.8. The zero-order valence-corrected chi connectivity index (χ0v) is 24.4. The highest BCUT2D eigenvalue weighted by molar-refractivity contribution is 5.98. The van der Waals surface area contributed by atoms with E-state index in [0.717, 1.165) is 53.5 Å². The molecule has 0 atom stereocenters. The van der Waals surface area contributed by atoms with E-state index >= 15 is 0 Å². The Balaban J connectivity index is 1.19. The monoisotopic (exact) mass is 578 g/mol. The van der Waals surface area contributed by atoms with Gasteiger partial charge in [-0.3, -0.25) is 9.59 Å². The normalized spacial score (nSPS) is 15.8. The van der Waals surface area contributed by atoms with Crippen molar-refractivity contribution < 1.29 is 13.9 Å². The van der Waals surface area contributed by atoms with Crippen LogP contribution in [0.3, 0.4) is 0 Å². The third-order valence-corrected chi connectivity index (χ3v) is 8.41. The molecule has 1 saturated heterocycles. The van der Waals surface area contributed by atoms with Crippen molar-refractivity contribution in [3.63, 3.8) is 0 Å². The summed E-state index contributed by atoms with van der Waals surface area (Å²) in [5.41, 5.74) is 4.53. The first-order chi connectivity index (χ1) is 21.0. The zero-order chi connectivity index (χ0) is 29.5. The zero-order valence-electron chi connectivity index (χ0n) is 24.4. The molecule has 1 N–H and O–H groups in total. The van der Waals surface area contributed by atoms with E-state index in [2.05, 4.69) is 14.9 Å². The molecule has 5 aromatic rings. The molecule has 10 nitrogen and oxygen atoms in total. The third kappa shape index (κ3) is 5.12. The number of amides is 1. The second kappa shape index (κ2) is 11.2. The number of nitrogens with zero attached hydrogens (tertiary/aromatic N) is 5. The molecule has 3 aromatic heterocycles. The maximum Gasteiger partial charge on any atom is 0.270 e. The van der Waals surface area contributed by atoms with Crippen LogP contribution in [0.25, 0.3) is 33.1 Å². The molecule has 1 amide bonds. The summed E-state index contributed by atoms with van der Waals surface area (Å²) in [6, 6.07) is 17.3. The van der Waals surface area contributed by atoms with Gasteiger partial charge < -0.3 is 28.8 Å². The van der Waals surface area contributed by atoms with E-state index in [4.69, 9.17) is 14.1 Å². The number of rotatable bonds is 6. The number of hydrogen-bond acceptors (Lipinski definition) is 8. The molecular weight excluding hydrogens is 544 g/mol. The number of morpholine rings is 1. The number of anilines is 3. The van der Waals surface area contributed by atoms with Gasteiger partial charge in [0, 0.05) is 62.1 Å². The number of benzene rings is 2. The molecule has 0 unspecified atom stereocenters. The number of para-hydroxylation sites is 1. The molecule has 1 saturated carbocycles. The predicted molar refractivity (Wildman–Crippen MR) is 167 cm³/mol. The molecule has 1 aliphatic heterocycles. The third-order valence-electron chi connectivity index (χ3n) is 8.41. The molecule has 2 aliphatic rings. The summed E-state index contributed by atoms with van der Waals surface area (Å²) in [4.78, 5) is 39.1. The maximum atomic E-state index is 13.0. The quantitative estimate of drug-likeness (QED) is 0.278. The van der Waals surface area contributed by atoms with Crippen molar-refractivity contribution in [3.05, 3.63) is 76.7 Å². The topological polar surface area (TPSA) is 106 Å². The fourth-order valence-electron chi connectivity index (χ4n) is 6.19. The Morgan fingerprint density at radius 1 is 1.02 bits per heavy atom. The largest absolute Gasteiger partial charge is 0.440 e. The summed E-state index contributed by atoms with van der Waals surface area (Å²) in [6.45, 7) is 2.58. The van der Waals surface area contributed by atoms with Gasteiger partial charge in [-0.25, -0.2) is 4.98 Å². The maximum absolute atomic E-state index is 13.0. The van der Waals surface area contributed by atoms with E-state index in [0.29, 0.717) is 54.8 Å². The van der Waals surface area contributed by atoms with Crippen molar-refractivity contribution in [1.82, 2.24) is 19.4 Å². The van der Waals surface area contributed by atoms with Crippen molar-refractivity contribution in [2.75, 3.05) is 50.6 Å². The highest BCUT2D eigenvalue weighted by Crippen LogP contribution is 2.35. The van der Waals surface area contributed by atoms with Crippen molar-refractivity contribution in [2.24, 2.45) is 0 Å². The smallest absolute Gasteiger partial charge is 0.270 e. The van der Waals surface area contributed by atoms with Crippen LogP contribution >= 0.6 is 0 Å². The molecule has 0 bridgehead atoms. The Hall–Kier alpha value is -4.70. The van der Waals surface area contributed by atoms with Crippen LogP contribution in [-0.2, 0) is 4.74 Å². The van der Waals surface area contributed by atoms with Crippen LogP contribution in [0.5, 0.6) is 0 Å². The van der Waals surface area contributed by atoms with Crippen LogP contribution in [-0.4, -0.2) is 65.7 Å². The fraction of sp³-hybridized carbons (Fsp3) is 0.333. The summed E-state index contributed by atoms with van der Waals surface area (Å²) in [5, 5.41) is 4.73. The van der Waals surface area contributed by atoms with Crippen LogP contribution in [0.15, 0.2) is 70.0 Å². The molecule has 10 heteroatoms. The Bertz CT molecular complexity index is 1870. The molecule has 0 spiro atoms. The number of carbonyl (C=O) groups excluding carboxylic acids is 1. The Morgan fingerprint density at radius 3 is 2.53 bits per heavy atom. The highest BCUT2D eigenvalue weighted by Gasteiger charge is 2.26. The van der Waals surface area contributed by atoms with Crippen molar-refractivity contribution in [1.29, 1.82) is 0 Å². The summed E-state index contributed by atoms with van der Waals surface area (Å²) >= 11 is 0. The molecule has 4 heterocycles. The van der Waals surface area contributed by atoms with Gasteiger partial charge in [-0.2, -0.15) is 4.98 Å². The molecule has 1 aliphatic carbocycles. The second-order valence-electron chi connectivity index (χ2n) is 11.4. The van der Waals surface area contributed by atoms with E-state index < -0.39 is 0 Å². The van der Waals surface area contributed by atoms with E-state index in [1.807, 2.05) is 47.4 Å². The Labute approximate surface area is 248 Å². The molecule has 0 radical (unpaired) electrons. The van der Waals surface area contributed by atoms with Crippen molar-refractivity contribution in [3.8, 4) is 11.1 Å². The van der Waals surface area contributed by atoms with Gasteiger partial charge in [0.05, 0.1) is 18.6 Å². The van der Waals surface area contributed by atoms with Crippen LogP contribution in [0.4, 0.5) is 17.5 Å². The number of ether oxygens (including phenoxy) is 1. The summed E-state index contributed by atoms with van der Waals surface area (Å²) in [6.07, 6.45) is 6.15. The number of carbonyl (C=O) groups is 1. The minimum Gasteiger partial charge on any atom is -0.440 e. The summed E-state index contributed by atoms with van der Waals surface area (Å²) < 4.78 is 13.9. The minimum atomic E-state index is -0.0618. The lowest BCUT2D eigenvalue weighted by Gasteiger charge is -2.27. The van der Waals surface area contributed by atoms with Gasteiger partial charge >= 0.3 is 0 Å². The lowest BCUT2D eigenvalue weighted by atomic mass is 10.0. The molecule has 7 rings (SSSR count). The number of nitrogens with one attached hydrogen (secondary N) is 1. The van der Waals surface area contributed by atoms with Gasteiger partial charge in [-0.15, -0.1) is 0 Å². The summed E-state index contributed by atoms with van der Waals surface area (Å²) in [7, 11) is 3.55. The Morgan fingerprint density at radius 2 is 1.79 bits per heavy atom. The van der Waals surface area contributed by atoms with Crippen molar-refractivity contribution >= 4 is 45.4 Å². The van der Waals surface area contributed by atoms with E-state index in [9.17, 15) is 9.59 Å². The number of hydrogen-bond donors (Lipinski definition) is 1. The van der Waals surface area contributed by atoms with Gasteiger partial charge in [0.25, 0.3) is 5.91 Å². The first-order valence-electron chi connectivity index (χ1n) is 14.8. The highest BCUT2D eigenvalue weighted by atomic mass is 16.5. The second-order valence-corrected chi connectivity index (χ2v) is 11.4. The van der Waals surface area contributed by atoms with E-state index in [1.165, 1.54) is 0 Å². The van der Waals surface area contributed by atoms with Crippen LogP contribution in [0.1, 0.15) is 42.2 Å². The van der Waals surface area contributed by atoms with Crippen molar-refractivity contribution in [2.45, 2.75) is 31.7 Å². The average molecular weight is 579 g/mol. The number of aromatic nitrogens is 3. The lowest BCUT2D eigenvalue weighted by molar-refractivity contribution is 0.0815.